The van der Waals surface area contributed by atoms with Crippen molar-refractivity contribution in [3.63, 3.8) is 0 Å². The Morgan fingerprint density at radius 1 is 0.952 bits per heavy atom. The van der Waals surface area contributed by atoms with E-state index >= 15 is 0 Å². The van der Waals surface area contributed by atoms with E-state index in [-0.39, 0.29) is 0 Å². The molecule has 0 aliphatic carbocycles. The number of hydrogen-bond acceptors (Lipinski definition) is 4. The third-order valence-electron chi connectivity index (χ3n) is 2.97. The van der Waals surface area contributed by atoms with Crippen LogP contribution in [-0.2, 0) is 0 Å². The third kappa shape index (κ3) is 3.30. The summed E-state index contributed by atoms with van der Waals surface area (Å²) >= 11 is 5.87. The predicted octanol–water partition coefficient (Wildman–Crippen LogP) is 4.12. The van der Waals surface area contributed by atoms with Gasteiger partial charge < -0.3 is 11.1 Å². The highest BCUT2D eigenvalue weighted by Crippen LogP contribution is 2.23. The molecule has 4 nitrogen and oxygen atoms in total. The fraction of sp³-hybridized carbons (Fsp3) is 0. The van der Waals surface area contributed by atoms with E-state index < -0.39 is 0 Å². The summed E-state index contributed by atoms with van der Waals surface area (Å²) in [6, 6.07) is 16.9. The van der Waals surface area contributed by atoms with Gasteiger partial charge in [-0.1, -0.05) is 23.7 Å². The lowest BCUT2D eigenvalue weighted by molar-refractivity contribution is 1.17. The van der Waals surface area contributed by atoms with Crippen LogP contribution in [0.15, 0.2) is 60.9 Å². The van der Waals surface area contributed by atoms with Gasteiger partial charge in [-0.2, -0.15) is 0 Å². The lowest BCUT2D eigenvalue weighted by Gasteiger charge is -2.07. The van der Waals surface area contributed by atoms with E-state index in [9.17, 15) is 0 Å². The number of aromatic nitrogens is 2. The summed E-state index contributed by atoms with van der Waals surface area (Å²) < 4.78 is 0. The van der Waals surface area contributed by atoms with Crippen molar-refractivity contribution in [2.75, 3.05) is 11.1 Å². The Balaban J connectivity index is 1.88. The smallest absolute Gasteiger partial charge is 0.134 e. The molecule has 2 aromatic carbocycles. The van der Waals surface area contributed by atoms with Crippen LogP contribution in [0, 0.1) is 0 Å². The van der Waals surface area contributed by atoms with Crippen LogP contribution in [0.25, 0.3) is 11.3 Å². The molecular weight excluding hydrogens is 284 g/mol. The van der Waals surface area contributed by atoms with Crippen LogP contribution in [-0.4, -0.2) is 9.97 Å². The number of halogens is 1. The van der Waals surface area contributed by atoms with Gasteiger partial charge in [0.2, 0.25) is 0 Å². The van der Waals surface area contributed by atoms with Crippen molar-refractivity contribution in [1.82, 2.24) is 9.97 Å². The molecule has 1 heterocycles. The maximum Gasteiger partial charge on any atom is 0.134 e. The molecule has 5 heteroatoms. The quantitative estimate of drug-likeness (QED) is 0.714. The second kappa shape index (κ2) is 5.81. The van der Waals surface area contributed by atoms with E-state index in [4.69, 9.17) is 17.3 Å². The normalized spacial score (nSPS) is 10.3. The first-order chi connectivity index (χ1) is 10.2. The monoisotopic (exact) mass is 296 g/mol. The van der Waals surface area contributed by atoms with Gasteiger partial charge >= 0.3 is 0 Å². The molecule has 1 aromatic heterocycles. The molecule has 0 fully saturated rings. The van der Waals surface area contributed by atoms with E-state index in [1.807, 2.05) is 54.6 Å². The minimum Gasteiger partial charge on any atom is -0.399 e. The standard InChI is InChI=1S/C16H13ClN4/c17-12-4-6-14(7-5-12)21-16-9-15(19-10-20-16)11-2-1-3-13(18)8-11/h1-10H,18H2,(H,19,20,21). The number of hydrogen-bond donors (Lipinski definition) is 2. The SMILES string of the molecule is Nc1cccc(-c2cc(Nc3ccc(Cl)cc3)ncn2)c1. The molecule has 3 N–H and O–H groups in total. The van der Waals surface area contributed by atoms with Crippen molar-refractivity contribution in [2.24, 2.45) is 0 Å². The van der Waals surface area contributed by atoms with Crippen LogP contribution in [0.1, 0.15) is 0 Å². The van der Waals surface area contributed by atoms with Gasteiger partial charge in [-0.15, -0.1) is 0 Å². The minimum atomic E-state index is 0.698. The van der Waals surface area contributed by atoms with Gasteiger partial charge in [-0.25, -0.2) is 9.97 Å². The van der Waals surface area contributed by atoms with Crippen LogP contribution in [0.4, 0.5) is 17.2 Å². The highest BCUT2D eigenvalue weighted by molar-refractivity contribution is 6.30. The summed E-state index contributed by atoms with van der Waals surface area (Å²) in [5.41, 5.74) is 9.19. The molecule has 3 aromatic rings. The van der Waals surface area contributed by atoms with Crippen LogP contribution >= 0.6 is 11.6 Å². The van der Waals surface area contributed by atoms with Crippen LogP contribution in [0.3, 0.4) is 0 Å². The van der Waals surface area contributed by atoms with Crippen molar-refractivity contribution >= 4 is 28.8 Å². The fourth-order valence-electron chi connectivity index (χ4n) is 1.96. The highest BCUT2D eigenvalue weighted by Gasteiger charge is 2.03. The maximum absolute atomic E-state index is 5.87. The number of nitrogen functional groups attached to an aromatic ring is 1. The zero-order valence-electron chi connectivity index (χ0n) is 11.1. The molecule has 3 rings (SSSR count). The molecular formula is C16H13ClN4. The minimum absolute atomic E-state index is 0.698. The number of nitrogens with one attached hydrogen (secondary N) is 1. The Kier molecular flexibility index (Phi) is 3.71. The topological polar surface area (TPSA) is 63.8 Å². The van der Waals surface area contributed by atoms with Crippen molar-refractivity contribution in [2.45, 2.75) is 0 Å². The maximum atomic E-state index is 5.87. The largest absolute Gasteiger partial charge is 0.399 e. The van der Waals surface area contributed by atoms with E-state index in [0.717, 1.165) is 16.9 Å². The summed E-state index contributed by atoms with van der Waals surface area (Å²) in [4.78, 5) is 8.50. The summed E-state index contributed by atoms with van der Waals surface area (Å²) in [5.74, 6) is 0.713. The number of nitrogens with two attached hydrogens (primary N) is 1. The number of benzene rings is 2. The Hall–Kier alpha value is -2.59. The summed E-state index contributed by atoms with van der Waals surface area (Å²) in [6.45, 7) is 0. The van der Waals surface area contributed by atoms with Crippen LogP contribution < -0.4 is 11.1 Å². The second-order valence-electron chi connectivity index (χ2n) is 4.55. The van der Waals surface area contributed by atoms with Crippen molar-refractivity contribution < 1.29 is 0 Å². The molecule has 21 heavy (non-hydrogen) atoms. The molecule has 0 amide bonds. The Labute approximate surface area is 127 Å². The van der Waals surface area contributed by atoms with Gasteiger partial charge in [-0.3, -0.25) is 0 Å². The molecule has 0 saturated carbocycles. The van der Waals surface area contributed by atoms with Crippen molar-refractivity contribution in [3.05, 3.63) is 65.9 Å². The first-order valence-corrected chi connectivity index (χ1v) is 6.79. The Morgan fingerprint density at radius 3 is 2.52 bits per heavy atom. The molecule has 0 saturated heterocycles. The predicted molar refractivity (Wildman–Crippen MR) is 86.6 cm³/mol. The first-order valence-electron chi connectivity index (χ1n) is 6.41. The average molecular weight is 297 g/mol. The first kappa shape index (κ1) is 13.4. The Bertz CT molecular complexity index is 756. The zero-order valence-corrected chi connectivity index (χ0v) is 11.9. The molecule has 0 aliphatic heterocycles. The summed E-state index contributed by atoms with van der Waals surface area (Å²) in [6.07, 6.45) is 1.52. The van der Waals surface area contributed by atoms with E-state index in [2.05, 4.69) is 15.3 Å². The Morgan fingerprint density at radius 2 is 1.76 bits per heavy atom. The highest BCUT2D eigenvalue weighted by atomic mass is 35.5. The van der Waals surface area contributed by atoms with Gasteiger partial charge in [0, 0.05) is 28.0 Å². The van der Waals surface area contributed by atoms with E-state index in [1.54, 1.807) is 0 Å². The van der Waals surface area contributed by atoms with E-state index in [1.165, 1.54) is 6.33 Å². The molecule has 104 valence electrons. The zero-order chi connectivity index (χ0) is 14.7. The second-order valence-corrected chi connectivity index (χ2v) is 4.98. The van der Waals surface area contributed by atoms with Crippen molar-refractivity contribution in [3.8, 4) is 11.3 Å². The van der Waals surface area contributed by atoms with Gasteiger partial charge in [0.05, 0.1) is 5.69 Å². The van der Waals surface area contributed by atoms with Crippen LogP contribution in [0.5, 0.6) is 0 Å². The molecule has 0 bridgehead atoms. The van der Waals surface area contributed by atoms with Crippen LogP contribution in [0.2, 0.25) is 5.02 Å². The van der Waals surface area contributed by atoms with Crippen molar-refractivity contribution in [1.29, 1.82) is 0 Å². The van der Waals surface area contributed by atoms with Gasteiger partial charge in [0.1, 0.15) is 12.1 Å². The average Bonchev–Trinajstić information content (AvgIpc) is 2.50. The fourth-order valence-corrected chi connectivity index (χ4v) is 2.09. The molecule has 0 spiro atoms. The summed E-state index contributed by atoms with van der Waals surface area (Å²) in [7, 11) is 0. The molecule has 0 unspecified atom stereocenters. The van der Waals surface area contributed by atoms with Gasteiger partial charge in [0.25, 0.3) is 0 Å². The lowest BCUT2D eigenvalue weighted by atomic mass is 10.1. The van der Waals surface area contributed by atoms with Gasteiger partial charge in [0.15, 0.2) is 0 Å². The number of nitrogens with zero attached hydrogens (tertiary/aromatic N) is 2. The molecule has 0 radical (unpaired) electrons. The molecule has 0 aliphatic rings. The lowest BCUT2D eigenvalue weighted by Crippen LogP contribution is -1.95. The summed E-state index contributed by atoms with van der Waals surface area (Å²) in [5, 5.41) is 3.91. The van der Waals surface area contributed by atoms with E-state index in [0.29, 0.717) is 16.5 Å². The van der Waals surface area contributed by atoms with Gasteiger partial charge in [-0.05, 0) is 36.4 Å². The third-order valence-corrected chi connectivity index (χ3v) is 3.22. The number of rotatable bonds is 3. The molecule has 0 atom stereocenters. The number of anilines is 3.